The Labute approximate surface area is 262 Å². The Hall–Kier alpha value is -3.15. The van der Waals surface area contributed by atoms with Gasteiger partial charge in [-0.3, -0.25) is 0 Å². The van der Waals surface area contributed by atoms with Crippen molar-refractivity contribution in [3.05, 3.63) is 88.7 Å². The minimum atomic E-state index is -4.65. The molecule has 4 nitrogen and oxygen atoms in total. The predicted octanol–water partition coefficient (Wildman–Crippen LogP) is 9.75. The van der Waals surface area contributed by atoms with Gasteiger partial charge in [-0.1, -0.05) is 50.5 Å². The standard InChI is InChI=1S/C35H35F7O4/c1-2-3-4-13-33-18-43-35(44-19-33,45-20-33)25-11-9-22(10-12-25)21-5-7-23(8-6-21)24-14-27(36)31(28(37)15-24)34(41,42)46-26-16-29(38)32(40)30(39)17-26/h5-8,14-17,22,25H,2-4,9-13,18-20H2,1H3. The number of ether oxygens (including phenoxy) is 4. The Balaban J connectivity index is 1.08. The highest BCUT2D eigenvalue weighted by Gasteiger charge is 2.56. The van der Waals surface area contributed by atoms with E-state index in [0.717, 1.165) is 62.6 Å². The van der Waals surface area contributed by atoms with Gasteiger partial charge in [0.1, 0.15) is 22.9 Å². The maximum Gasteiger partial charge on any atom is 0.432 e. The molecule has 4 aliphatic rings. The summed E-state index contributed by atoms with van der Waals surface area (Å²) in [5.41, 5.74) is -0.350. The van der Waals surface area contributed by atoms with E-state index in [4.69, 9.17) is 14.2 Å². The van der Waals surface area contributed by atoms with E-state index >= 15 is 0 Å². The van der Waals surface area contributed by atoms with Gasteiger partial charge in [0.2, 0.25) is 0 Å². The van der Waals surface area contributed by atoms with Crippen molar-refractivity contribution in [1.82, 2.24) is 0 Å². The van der Waals surface area contributed by atoms with Crippen LogP contribution in [0.3, 0.4) is 0 Å². The van der Waals surface area contributed by atoms with Crippen molar-refractivity contribution in [3.8, 4) is 16.9 Å². The van der Waals surface area contributed by atoms with Crippen LogP contribution in [-0.4, -0.2) is 25.8 Å². The topological polar surface area (TPSA) is 36.9 Å². The molecule has 1 aliphatic carbocycles. The minimum absolute atomic E-state index is 0.00888. The highest BCUT2D eigenvalue weighted by atomic mass is 19.3. The van der Waals surface area contributed by atoms with Crippen LogP contribution in [-0.2, 0) is 20.3 Å². The molecule has 3 saturated heterocycles. The minimum Gasteiger partial charge on any atom is -0.429 e. The van der Waals surface area contributed by atoms with E-state index in [0.29, 0.717) is 25.4 Å². The van der Waals surface area contributed by atoms with Crippen LogP contribution < -0.4 is 4.74 Å². The zero-order chi connectivity index (χ0) is 32.7. The molecule has 4 fully saturated rings. The summed E-state index contributed by atoms with van der Waals surface area (Å²) in [5, 5.41) is 0. The van der Waals surface area contributed by atoms with Gasteiger partial charge in [0.25, 0.3) is 5.97 Å². The number of unbranched alkanes of at least 4 members (excludes halogenated alkanes) is 2. The van der Waals surface area contributed by atoms with Crippen LogP contribution >= 0.6 is 0 Å². The predicted molar refractivity (Wildman–Crippen MR) is 154 cm³/mol. The smallest absolute Gasteiger partial charge is 0.429 e. The summed E-state index contributed by atoms with van der Waals surface area (Å²) in [5.74, 6) is -10.5. The fourth-order valence-corrected chi connectivity index (χ4v) is 6.87. The molecule has 0 radical (unpaired) electrons. The number of hydrogen-bond acceptors (Lipinski definition) is 4. The summed E-state index contributed by atoms with van der Waals surface area (Å²) in [7, 11) is 0. The highest BCUT2D eigenvalue weighted by Crippen LogP contribution is 2.50. The summed E-state index contributed by atoms with van der Waals surface area (Å²) in [4.78, 5) is 0. The third-order valence-electron chi connectivity index (χ3n) is 9.53. The Morgan fingerprint density at radius 2 is 1.30 bits per heavy atom. The molecule has 2 bridgehead atoms. The Bertz CT molecular complexity index is 1480. The molecule has 1 saturated carbocycles. The van der Waals surface area contributed by atoms with Crippen molar-refractivity contribution in [2.75, 3.05) is 19.8 Å². The van der Waals surface area contributed by atoms with Crippen molar-refractivity contribution < 1.29 is 49.7 Å². The lowest BCUT2D eigenvalue weighted by molar-refractivity contribution is -0.488. The lowest BCUT2D eigenvalue weighted by Gasteiger charge is -2.55. The van der Waals surface area contributed by atoms with Crippen molar-refractivity contribution >= 4 is 0 Å². The molecule has 0 amide bonds. The fraction of sp³-hybridized carbons (Fsp3) is 0.486. The summed E-state index contributed by atoms with van der Waals surface area (Å²) < 4.78 is 122. The molecule has 3 heterocycles. The van der Waals surface area contributed by atoms with E-state index in [-0.39, 0.29) is 34.9 Å². The molecule has 11 heteroatoms. The zero-order valence-corrected chi connectivity index (χ0v) is 25.3. The third kappa shape index (κ3) is 6.38. The molecule has 0 atom stereocenters. The summed E-state index contributed by atoms with van der Waals surface area (Å²) >= 11 is 0. The first-order valence-corrected chi connectivity index (χ1v) is 15.7. The van der Waals surface area contributed by atoms with E-state index < -0.39 is 52.5 Å². The normalized spacial score (nSPS) is 26.3. The third-order valence-corrected chi connectivity index (χ3v) is 9.53. The maximum atomic E-state index is 14.9. The Kier molecular flexibility index (Phi) is 9.12. The van der Waals surface area contributed by atoms with Crippen molar-refractivity contribution in [2.24, 2.45) is 11.3 Å². The monoisotopic (exact) mass is 652 g/mol. The van der Waals surface area contributed by atoms with Gasteiger partial charge < -0.3 is 18.9 Å². The molecular weight excluding hydrogens is 617 g/mol. The van der Waals surface area contributed by atoms with Gasteiger partial charge in [0.05, 0.1) is 19.8 Å². The van der Waals surface area contributed by atoms with Crippen LogP contribution in [0.2, 0.25) is 0 Å². The Morgan fingerprint density at radius 3 is 1.85 bits per heavy atom. The van der Waals surface area contributed by atoms with Gasteiger partial charge in [0, 0.05) is 23.5 Å². The van der Waals surface area contributed by atoms with Crippen molar-refractivity contribution in [2.45, 2.75) is 76.3 Å². The second-order valence-corrected chi connectivity index (χ2v) is 12.7. The Morgan fingerprint density at radius 1 is 0.739 bits per heavy atom. The quantitative estimate of drug-likeness (QED) is 0.124. The molecule has 0 aromatic heterocycles. The van der Waals surface area contributed by atoms with Crippen LogP contribution in [0.25, 0.3) is 11.1 Å². The van der Waals surface area contributed by atoms with Crippen molar-refractivity contribution in [3.63, 3.8) is 0 Å². The van der Waals surface area contributed by atoms with Gasteiger partial charge in [-0.05, 0) is 66.8 Å². The first-order valence-electron chi connectivity index (χ1n) is 15.7. The van der Waals surface area contributed by atoms with Gasteiger partial charge in [-0.2, -0.15) is 8.78 Å². The SMILES string of the molecule is CCCCCC12COC(C3CCC(c4ccc(-c5cc(F)c(C(F)(F)Oc6cc(F)c(F)c(F)c6)c(F)c5)cc4)CC3)(OC1)OC2. The fourth-order valence-electron chi connectivity index (χ4n) is 6.87. The number of rotatable bonds is 10. The summed E-state index contributed by atoms with van der Waals surface area (Å²) in [6.07, 6.45) is 3.30. The molecule has 0 unspecified atom stereocenters. The average molecular weight is 653 g/mol. The molecular formula is C35H35F7O4. The van der Waals surface area contributed by atoms with Crippen LogP contribution in [0.4, 0.5) is 30.7 Å². The molecule has 0 N–H and O–H groups in total. The van der Waals surface area contributed by atoms with E-state index in [2.05, 4.69) is 11.7 Å². The van der Waals surface area contributed by atoms with Gasteiger partial charge in [0.15, 0.2) is 17.5 Å². The van der Waals surface area contributed by atoms with E-state index in [1.165, 1.54) is 6.42 Å². The first-order chi connectivity index (χ1) is 21.9. The number of alkyl halides is 2. The maximum absolute atomic E-state index is 14.9. The average Bonchev–Trinajstić information content (AvgIpc) is 3.04. The molecule has 248 valence electrons. The van der Waals surface area contributed by atoms with Crippen LogP contribution in [0.15, 0.2) is 48.5 Å². The second kappa shape index (κ2) is 12.8. The number of halogens is 7. The van der Waals surface area contributed by atoms with E-state index in [1.54, 1.807) is 12.1 Å². The lowest BCUT2D eigenvalue weighted by Crippen LogP contribution is -2.63. The molecule has 46 heavy (non-hydrogen) atoms. The van der Waals surface area contributed by atoms with Crippen LogP contribution in [0.1, 0.15) is 75.3 Å². The zero-order valence-electron chi connectivity index (χ0n) is 25.3. The molecule has 3 aromatic rings. The lowest BCUT2D eigenvalue weighted by atomic mass is 9.76. The second-order valence-electron chi connectivity index (χ2n) is 12.7. The summed E-state index contributed by atoms with van der Waals surface area (Å²) in [6.45, 7) is 4.14. The first kappa shape index (κ1) is 32.8. The van der Waals surface area contributed by atoms with Gasteiger partial charge in [-0.25, -0.2) is 22.0 Å². The van der Waals surface area contributed by atoms with Crippen LogP contribution in [0.5, 0.6) is 5.75 Å². The van der Waals surface area contributed by atoms with Crippen molar-refractivity contribution in [1.29, 1.82) is 0 Å². The van der Waals surface area contributed by atoms with Crippen LogP contribution in [0, 0.1) is 40.4 Å². The molecule has 3 aliphatic heterocycles. The molecule has 0 spiro atoms. The van der Waals surface area contributed by atoms with E-state index in [1.807, 2.05) is 12.1 Å². The highest BCUT2D eigenvalue weighted by molar-refractivity contribution is 5.64. The number of hydrogen-bond donors (Lipinski definition) is 0. The largest absolute Gasteiger partial charge is 0.432 e. The van der Waals surface area contributed by atoms with Gasteiger partial charge >= 0.3 is 6.11 Å². The molecule has 3 aromatic carbocycles. The van der Waals surface area contributed by atoms with Gasteiger partial charge in [-0.15, -0.1) is 0 Å². The summed E-state index contributed by atoms with van der Waals surface area (Å²) in [6, 6.07) is 8.82. The number of fused-ring (bicyclic) bond motifs is 3. The molecule has 7 rings (SSSR count). The number of benzene rings is 3. The van der Waals surface area contributed by atoms with E-state index in [9.17, 15) is 30.7 Å².